The van der Waals surface area contributed by atoms with Crippen LogP contribution in [0, 0.1) is 5.92 Å². The van der Waals surface area contributed by atoms with Gasteiger partial charge in [0.1, 0.15) is 6.04 Å². The first-order valence-corrected chi connectivity index (χ1v) is 11.1. The Balaban J connectivity index is 1.82. The van der Waals surface area contributed by atoms with Crippen molar-refractivity contribution in [2.24, 2.45) is 5.92 Å². The summed E-state index contributed by atoms with van der Waals surface area (Å²) in [6, 6.07) is 11.4. The maximum Gasteiger partial charge on any atom is 0.329 e. The number of aromatic nitrogens is 3. The number of nitrogens with one attached hydrogen (secondary N) is 3. The number of rotatable bonds is 8. The fourth-order valence-electron chi connectivity index (χ4n) is 4.22. The van der Waals surface area contributed by atoms with E-state index in [1.54, 1.807) is 30.5 Å². The molecule has 0 aliphatic heterocycles. The second-order valence-corrected chi connectivity index (χ2v) is 8.74. The third kappa shape index (κ3) is 4.50. The van der Waals surface area contributed by atoms with Crippen molar-refractivity contribution in [3.63, 3.8) is 0 Å². The van der Waals surface area contributed by atoms with E-state index in [4.69, 9.17) is 0 Å². The van der Waals surface area contributed by atoms with Gasteiger partial charge in [-0.15, -0.1) is 0 Å². The summed E-state index contributed by atoms with van der Waals surface area (Å²) in [5, 5.41) is 15.2. The maximum atomic E-state index is 13.4. The molecule has 0 aliphatic rings. The van der Waals surface area contributed by atoms with Gasteiger partial charge in [0, 0.05) is 23.5 Å². The van der Waals surface area contributed by atoms with E-state index in [1.807, 2.05) is 38.1 Å². The van der Waals surface area contributed by atoms with Gasteiger partial charge in [-0.1, -0.05) is 44.2 Å². The highest BCUT2D eigenvalue weighted by Gasteiger charge is 2.28. The Kier molecular flexibility index (Phi) is 6.36. The molecular formula is C25H25N4O5-. The molecule has 3 N–H and O–H groups in total. The molecule has 4 rings (SSSR count). The van der Waals surface area contributed by atoms with E-state index in [9.17, 15) is 24.3 Å². The number of benzene rings is 2. The van der Waals surface area contributed by atoms with Crippen LogP contribution in [0.15, 0.2) is 64.3 Å². The molecule has 0 spiro atoms. The molecule has 0 bridgehead atoms. The Morgan fingerprint density at radius 1 is 1.00 bits per heavy atom. The Bertz CT molecular complexity index is 1480. The zero-order valence-electron chi connectivity index (χ0n) is 18.8. The summed E-state index contributed by atoms with van der Waals surface area (Å²) in [4.78, 5) is 57.1. The minimum Gasteiger partial charge on any atom is -0.548 e. The molecule has 176 valence electrons. The minimum atomic E-state index is -1.42. The van der Waals surface area contributed by atoms with Gasteiger partial charge < -0.3 is 25.2 Å². The van der Waals surface area contributed by atoms with Crippen molar-refractivity contribution >= 4 is 33.7 Å². The van der Waals surface area contributed by atoms with Gasteiger partial charge in [0.25, 0.3) is 5.56 Å². The molecule has 0 radical (unpaired) electrons. The van der Waals surface area contributed by atoms with Crippen LogP contribution in [0.4, 0.5) is 0 Å². The number of aliphatic carboxylic acids is 1. The van der Waals surface area contributed by atoms with E-state index >= 15 is 0 Å². The van der Waals surface area contributed by atoms with E-state index in [0.29, 0.717) is 11.1 Å². The van der Waals surface area contributed by atoms with Crippen molar-refractivity contribution in [3.8, 4) is 0 Å². The van der Waals surface area contributed by atoms with Gasteiger partial charge in [0.05, 0.1) is 22.9 Å². The number of aromatic amines is 2. The van der Waals surface area contributed by atoms with Crippen LogP contribution in [0.2, 0.25) is 0 Å². The predicted molar refractivity (Wildman–Crippen MR) is 126 cm³/mol. The van der Waals surface area contributed by atoms with Crippen molar-refractivity contribution in [3.05, 3.63) is 81.1 Å². The lowest BCUT2D eigenvalue weighted by Gasteiger charge is -2.25. The number of amides is 1. The maximum absolute atomic E-state index is 13.4. The molecule has 2 atom stereocenters. The third-order valence-electron chi connectivity index (χ3n) is 5.85. The summed E-state index contributed by atoms with van der Waals surface area (Å²) in [5.41, 5.74) is 0.520. The highest BCUT2D eigenvalue weighted by molar-refractivity contribution is 5.88. The molecule has 0 fully saturated rings. The SMILES string of the molecule is CC(C)C[C@H](NC(=O)[C@@H](Cc1c[nH]c2ccccc12)n1c(=O)[nH]c2ccccc2c1=O)C(=O)[O-]. The predicted octanol–water partition coefficient (Wildman–Crippen LogP) is 1.24. The summed E-state index contributed by atoms with van der Waals surface area (Å²) >= 11 is 0. The molecule has 0 unspecified atom stereocenters. The zero-order chi connectivity index (χ0) is 24.4. The number of carbonyl (C=O) groups is 2. The van der Waals surface area contributed by atoms with Crippen LogP contribution >= 0.6 is 0 Å². The average Bonchev–Trinajstić information content (AvgIpc) is 3.20. The van der Waals surface area contributed by atoms with Crippen LogP contribution in [0.1, 0.15) is 31.9 Å². The van der Waals surface area contributed by atoms with Crippen LogP contribution in [-0.4, -0.2) is 32.5 Å². The molecule has 0 saturated carbocycles. The molecule has 2 heterocycles. The standard InChI is InChI=1S/C25H26N4O5/c1-14(2)11-20(24(32)33)27-22(30)21(12-15-13-26-18-9-5-3-7-16(15)18)29-23(31)17-8-4-6-10-19(17)28-25(29)34/h3-10,13-14,20-21,26H,11-12H2,1-2H3,(H,27,30)(H,28,34)(H,32,33)/p-1/t20-,21+/m0/s1. The van der Waals surface area contributed by atoms with Crippen LogP contribution in [-0.2, 0) is 16.0 Å². The van der Waals surface area contributed by atoms with E-state index < -0.39 is 35.2 Å². The molecule has 1 amide bonds. The minimum absolute atomic E-state index is 0.00137. The van der Waals surface area contributed by atoms with Gasteiger partial charge in [-0.05, 0) is 36.1 Å². The number of nitrogens with zero attached hydrogens (tertiary/aromatic N) is 1. The van der Waals surface area contributed by atoms with Gasteiger partial charge in [-0.2, -0.15) is 0 Å². The molecule has 0 saturated heterocycles. The second kappa shape index (κ2) is 9.38. The number of hydrogen-bond donors (Lipinski definition) is 3. The van der Waals surface area contributed by atoms with Crippen molar-refractivity contribution in [1.82, 2.24) is 19.9 Å². The zero-order valence-corrected chi connectivity index (χ0v) is 18.8. The number of hydrogen-bond acceptors (Lipinski definition) is 5. The van der Waals surface area contributed by atoms with E-state index in [1.165, 1.54) is 0 Å². The Hall–Kier alpha value is -4.14. The highest BCUT2D eigenvalue weighted by Crippen LogP contribution is 2.23. The van der Waals surface area contributed by atoms with Gasteiger partial charge in [0.2, 0.25) is 5.91 Å². The number of H-pyrrole nitrogens is 2. The van der Waals surface area contributed by atoms with Gasteiger partial charge in [0.15, 0.2) is 0 Å². The summed E-state index contributed by atoms with van der Waals surface area (Å²) in [6.45, 7) is 3.65. The molecule has 9 nitrogen and oxygen atoms in total. The average molecular weight is 461 g/mol. The largest absolute Gasteiger partial charge is 0.548 e. The van der Waals surface area contributed by atoms with Crippen molar-refractivity contribution < 1.29 is 14.7 Å². The fourth-order valence-corrected chi connectivity index (χ4v) is 4.22. The Labute approximate surface area is 194 Å². The highest BCUT2D eigenvalue weighted by atomic mass is 16.4. The number of carboxylic acids is 1. The van der Waals surface area contributed by atoms with Crippen molar-refractivity contribution in [2.75, 3.05) is 0 Å². The van der Waals surface area contributed by atoms with Crippen molar-refractivity contribution in [2.45, 2.75) is 38.8 Å². The molecule has 0 aliphatic carbocycles. The Morgan fingerprint density at radius 3 is 2.32 bits per heavy atom. The van der Waals surface area contributed by atoms with Crippen LogP contribution < -0.4 is 21.7 Å². The molecule has 34 heavy (non-hydrogen) atoms. The van der Waals surface area contributed by atoms with E-state index in [0.717, 1.165) is 15.5 Å². The smallest absolute Gasteiger partial charge is 0.329 e. The summed E-state index contributed by atoms with van der Waals surface area (Å²) in [6.07, 6.45) is 1.87. The molecule has 2 aromatic heterocycles. The van der Waals surface area contributed by atoms with Crippen molar-refractivity contribution in [1.29, 1.82) is 0 Å². The second-order valence-electron chi connectivity index (χ2n) is 8.74. The molecule has 4 aromatic rings. The molecule has 9 heteroatoms. The summed E-state index contributed by atoms with van der Waals surface area (Å²) in [7, 11) is 0. The molecular weight excluding hydrogens is 436 g/mol. The number of carbonyl (C=O) groups excluding carboxylic acids is 2. The fraction of sp³-hybridized carbons (Fsp3) is 0.280. The first kappa shape index (κ1) is 23.0. The lowest BCUT2D eigenvalue weighted by Crippen LogP contribution is -2.53. The lowest BCUT2D eigenvalue weighted by atomic mass is 10.0. The first-order valence-electron chi connectivity index (χ1n) is 11.1. The van der Waals surface area contributed by atoms with Gasteiger partial charge in [-0.3, -0.25) is 9.59 Å². The van der Waals surface area contributed by atoms with E-state index in [2.05, 4.69) is 15.3 Å². The van der Waals surface area contributed by atoms with Crippen LogP contribution in [0.3, 0.4) is 0 Å². The normalized spacial score (nSPS) is 13.3. The van der Waals surface area contributed by atoms with E-state index in [-0.39, 0.29) is 24.1 Å². The van der Waals surface area contributed by atoms with Gasteiger partial charge in [-0.25, -0.2) is 9.36 Å². The van der Waals surface area contributed by atoms with Crippen LogP contribution in [0.5, 0.6) is 0 Å². The van der Waals surface area contributed by atoms with Gasteiger partial charge >= 0.3 is 5.69 Å². The number of para-hydroxylation sites is 2. The number of fused-ring (bicyclic) bond motifs is 2. The third-order valence-corrected chi connectivity index (χ3v) is 5.85. The van der Waals surface area contributed by atoms with Crippen LogP contribution in [0.25, 0.3) is 21.8 Å². The monoisotopic (exact) mass is 461 g/mol. The lowest BCUT2D eigenvalue weighted by molar-refractivity contribution is -0.308. The number of carboxylic acid groups (broad SMARTS) is 1. The summed E-state index contributed by atoms with van der Waals surface area (Å²) in [5.74, 6) is -2.20. The topological polar surface area (TPSA) is 140 Å². The molecule has 2 aromatic carbocycles. The quantitative estimate of drug-likeness (QED) is 0.362. The summed E-state index contributed by atoms with van der Waals surface area (Å²) < 4.78 is 0.862. The first-order chi connectivity index (χ1) is 16.3. The Morgan fingerprint density at radius 2 is 1.65 bits per heavy atom.